The summed E-state index contributed by atoms with van der Waals surface area (Å²) >= 11 is 0. The van der Waals surface area contributed by atoms with E-state index < -0.39 is 10.0 Å². The van der Waals surface area contributed by atoms with E-state index in [0.717, 1.165) is 19.4 Å². The second kappa shape index (κ2) is 6.43. The first kappa shape index (κ1) is 15.1. The number of methoxy groups -OCH3 is 2. The van der Waals surface area contributed by atoms with Crippen LogP contribution in [0.25, 0.3) is 0 Å². The van der Waals surface area contributed by atoms with Crippen LogP contribution >= 0.6 is 0 Å². The van der Waals surface area contributed by atoms with Gasteiger partial charge in [0.05, 0.1) is 14.2 Å². The highest BCUT2D eigenvalue weighted by Gasteiger charge is 2.22. The largest absolute Gasteiger partial charge is 0.497 e. The van der Waals surface area contributed by atoms with Crippen molar-refractivity contribution < 1.29 is 17.9 Å². The van der Waals surface area contributed by atoms with E-state index in [1.165, 1.54) is 20.3 Å². The van der Waals surface area contributed by atoms with Gasteiger partial charge in [-0.2, -0.15) is 0 Å². The second-order valence-electron chi connectivity index (χ2n) is 4.66. The molecule has 1 aromatic rings. The molecule has 1 heterocycles. The van der Waals surface area contributed by atoms with E-state index in [9.17, 15) is 8.42 Å². The Labute approximate surface area is 119 Å². The minimum Gasteiger partial charge on any atom is -0.497 e. The summed E-state index contributed by atoms with van der Waals surface area (Å²) in [6.45, 7) is 1.33. The van der Waals surface area contributed by atoms with Crippen LogP contribution in [0.3, 0.4) is 0 Å². The minimum atomic E-state index is -3.59. The van der Waals surface area contributed by atoms with Gasteiger partial charge in [0.15, 0.2) is 0 Å². The lowest BCUT2D eigenvalue weighted by Gasteiger charge is -2.14. The fraction of sp³-hybridized carbons (Fsp3) is 0.538. The molecule has 2 N–H and O–H groups in total. The van der Waals surface area contributed by atoms with Gasteiger partial charge in [-0.25, -0.2) is 13.1 Å². The Bertz CT molecular complexity index is 553. The average molecular weight is 300 g/mol. The molecule has 0 bridgehead atoms. The van der Waals surface area contributed by atoms with Crippen LogP contribution in [0.15, 0.2) is 23.1 Å². The molecule has 1 unspecified atom stereocenters. The van der Waals surface area contributed by atoms with Crippen LogP contribution < -0.4 is 19.5 Å². The van der Waals surface area contributed by atoms with E-state index in [1.807, 2.05) is 0 Å². The van der Waals surface area contributed by atoms with Crippen LogP contribution in [0.2, 0.25) is 0 Å². The van der Waals surface area contributed by atoms with Gasteiger partial charge in [0.1, 0.15) is 16.4 Å². The topological polar surface area (TPSA) is 76.7 Å². The maximum absolute atomic E-state index is 12.3. The Balaban J connectivity index is 2.15. The van der Waals surface area contributed by atoms with Crippen molar-refractivity contribution in [1.82, 2.24) is 10.0 Å². The number of hydrogen-bond acceptors (Lipinski definition) is 5. The average Bonchev–Trinajstić information content (AvgIpc) is 2.97. The van der Waals surface area contributed by atoms with Crippen molar-refractivity contribution in [2.45, 2.75) is 23.8 Å². The van der Waals surface area contributed by atoms with Crippen molar-refractivity contribution in [1.29, 1.82) is 0 Å². The van der Waals surface area contributed by atoms with Crippen LogP contribution in [0.1, 0.15) is 12.8 Å². The van der Waals surface area contributed by atoms with Crippen molar-refractivity contribution >= 4 is 10.0 Å². The number of ether oxygens (including phenoxy) is 2. The van der Waals surface area contributed by atoms with E-state index in [4.69, 9.17) is 9.47 Å². The highest BCUT2D eigenvalue weighted by atomic mass is 32.2. The maximum Gasteiger partial charge on any atom is 0.244 e. The van der Waals surface area contributed by atoms with Crippen molar-refractivity contribution in [2.75, 3.05) is 27.3 Å². The fourth-order valence-corrected chi connectivity index (χ4v) is 3.45. The van der Waals surface area contributed by atoms with Gasteiger partial charge in [-0.1, -0.05) is 0 Å². The monoisotopic (exact) mass is 300 g/mol. The summed E-state index contributed by atoms with van der Waals surface area (Å²) in [5, 5.41) is 3.25. The minimum absolute atomic E-state index is 0.124. The molecule has 1 aliphatic rings. The number of hydrogen-bond donors (Lipinski definition) is 2. The zero-order valence-corrected chi connectivity index (χ0v) is 12.5. The van der Waals surface area contributed by atoms with Gasteiger partial charge in [-0.15, -0.1) is 0 Å². The molecule has 0 radical (unpaired) electrons. The molecule has 0 amide bonds. The number of rotatable bonds is 6. The second-order valence-corrected chi connectivity index (χ2v) is 6.40. The summed E-state index contributed by atoms with van der Waals surface area (Å²) in [5.41, 5.74) is 0. The lowest BCUT2D eigenvalue weighted by Crippen LogP contribution is -2.37. The van der Waals surface area contributed by atoms with Crippen molar-refractivity contribution in [3.8, 4) is 11.5 Å². The lowest BCUT2D eigenvalue weighted by atomic mass is 10.2. The number of benzene rings is 1. The summed E-state index contributed by atoms with van der Waals surface area (Å²) in [7, 11) is -0.628. The molecule has 0 spiro atoms. The number of nitrogens with one attached hydrogen (secondary N) is 2. The van der Waals surface area contributed by atoms with Gasteiger partial charge in [0.2, 0.25) is 10.0 Å². The lowest BCUT2D eigenvalue weighted by molar-refractivity contribution is 0.386. The van der Waals surface area contributed by atoms with Crippen LogP contribution in [0.4, 0.5) is 0 Å². The van der Waals surface area contributed by atoms with Crippen molar-refractivity contribution in [3.63, 3.8) is 0 Å². The molecule has 1 saturated heterocycles. The highest BCUT2D eigenvalue weighted by Crippen LogP contribution is 2.28. The van der Waals surface area contributed by atoms with Crippen LogP contribution in [-0.2, 0) is 10.0 Å². The molecular formula is C13H20N2O4S. The maximum atomic E-state index is 12.3. The Hall–Kier alpha value is -1.31. The van der Waals surface area contributed by atoms with Gasteiger partial charge in [0.25, 0.3) is 0 Å². The number of sulfonamides is 1. The molecule has 7 heteroatoms. The summed E-state index contributed by atoms with van der Waals surface area (Å²) in [6, 6.07) is 4.85. The molecule has 1 aromatic carbocycles. The molecule has 2 rings (SSSR count). The third-order valence-electron chi connectivity index (χ3n) is 3.34. The molecule has 20 heavy (non-hydrogen) atoms. The Kier molecular flexibility index (Phi) is 4.85. The van der Waals surface area contributed by atoms with Crippen molar-refractivity contribution in [2.24, 2.45) is 0 Å². The van der Waals surface area contributed by atoms with Gasteiger partial charge >= 0.3 is 0 Å². The first-order valence-corrected chi connectivity index (χ1v) is 8.00. The van der Waals surface area contributed by atoms with Gasteiger partial charge < -0.3 is 14.8 Å². The smallest absolute Gasteiger partial charge is 0.244 e. The molecule has 1 fully saturated rings. The Morgan fingerprint density at radius 2 is 2.15 bits per heavy atom. The van der Waals surface area contributed by atoms with E-state index in [1.54, 1.807) is 12.1 Å². The zero-order valence-electron chi connectivity index (χ0n) is 11.7. The summed E-state index contributed by atoms with van der Waals surface area (Å²) in [5.74, 6) is 0.828. The molecule has 0 aromatic heterocycles. The molecule has 1 atom stereocenters. The molecule has 112 valence electrons. The highest BCUT2D eigenvalue weighted by molar-refractivity contribution is 7.89. The third-order valence-corrected chi connectivity index (χ3v) is 4.81. The molecule has 0 aliphatic carbocycles. The van der Waals surface area contributed by atoms with Crippen LogP contribution in [-0.4, -0.2) is 41.8 Å². The zero-order chi connectivity index (χ0) is 14.6. The van der Waals surface area contributed by atoms with E-state index >= 15 is 0 Å². The van der Waals surface area contributed by atoms with Gasteiger partial charge in [-0.3, -0.25) is 0 Å². The third kappa shape index (κ3) is 3.41. The summed E-state index contributed by atoms with van der Waals surface area (Å²) in [6.07, 6.45) is 2.07. The Morgan fingerprint density at radius 1 is 1.35 bits per heavy atom. The normalized spacial score (nSPS) is 19.0. The van der Waals surface area contributed by atoms with Gasteiger partial charge in [0, 0.05) is 18.7 Å². The van der Waals surface area contributed by atoms with Crippen LogP contribution in [0, 0.1) is 0 Å². The van der Waals surface area contributed by atoms with Crippen LogP contribution in [0.5, 0.6) is 11.5 Å². The van der Waals surface area contributed by atoms with E-state index in [2.05, 4.69) is 10.0 Å². The molecule has 6 nitrogen and oxygen atoms in total. The molecular weight excluding hydrogens is 280 g/mol. The standard InChI is InChI=1S/C13H20N2O4S/c1-18-11-5-6-13(12(8-11)19-2)20(16,17)15-9-10-4-3-7-14-10/h5-6,8,10,14-15H,3-4,7,9H2,1-2H3. The molecule has 0 saturated carbocycles. The predicted octanol–water partition coefficient (Wildman–Crippen LogP) is 0.734. The Morgan fingerprint density at radius 3 is 2.75 bits per heavy atom. The summed E-state index contributed by atoms with van der Waals surface area (Å²) < 4.78 is 37.4. The first-order chi connectivity index (χ1) is 9.56. The molecule has 1 aliphatic heterocycles. The SMILES string of the molecule is COc1ccc(S(=O)(=O)NCC2CCCN2)c(OC)c1. The van der Waals surface area contributed by atoms with Crippen molar-refractivity contribution in [3.05, 3.63) is 18.2 Å². The fourth-order valence-electron chi connectivity index (χ4n) is 2.22. The van der Waals surface area contributed by atoms with E-state index in [0.29, 0.717) is 12.3 Å². The van der Waals surface area contributed by atoms with E-state index in [-0.39, 0.29) is 16.7 Å². The van der Waals surface area contributed by atoms with Gasteiger partial charge in [-0.05, 0) is 31.5 Å². The first-order valence-electron chi connectivity index (χ1n) is 6.52. The predicted molar refractivity (Wildman–Crippen MR) is 75.8 cm³/mol. The summed E-state index contributed by atoms with van der Waals surface area (Å²) in [4.78, 5) is 0.124. The quantitative estimate of drug-likeness (QED) is 0.810.